The van der Waals surface area contributed by atoms with Gasteiger partial charge in [-0.25, -0.2) is 9.78 Å². The van der Waals surface area contributed by atoms with Crippen molar-refractivity contribution in [2.45, 2.75) is 6.54 Å². The molecule has 19 heavy (non-hydrogen) atoms. The van der Waals surface area contributed by atoms with Crippen LogP contribution in [0.25, 0.3) is 0 Å². The minimum absolute atomic E-state index is 0.0849. The van der Waals surface area contributed by atoms with Crippen LogP contribution >= 0.6 is 23.2 Å². The Morgan fingerprint density at radius 2 is 2.00 bits per heavy atom. The molecule has 0 fully saturated rings. The lowest BCUT2D eigenvalue weighted by atomic mass is 10.2. The molecule has 2 aromatic rings. The molecule has 0 amide bonds. The lowest BCUT2D eigenvalue weighted by Crippen LogP contribution is -2.04. The Labute approximate surface area is 120 Å². The summed E-state index contributed by atoms with van der Waals surface area (Å²) in [6.45, 7) is 0.437. The summed E-state index contributed by atoms with van der Waals surface area (Å²) in [7, 11) is 0. The molecular weight excluding hydrogens is 287 g/mol. The normalized spacial score (nSPS) is 10.2. The summed E-state index contributed by atoms with van der Waals surface area (Å²) in [5.74, 6) is -0.657. The first-order chi connectivity index (χ1) is 9.06. The number of aromatic carboxylic acids is 1. The third-order valence-corrected chi connectivity index (χ3v) is 3.02. The van der Waals surface area contributed by atoms with Crippen molar-refractivity contribution in [3.63, 3.8) is 0 Å². The first kappa shape index (κ1) is 13.6. The molecule has 1 aromatic carbocycles. The van der Waals surface area contributed by atoms with Crippen molar-refractivity contribution in [3.8, 4) is 0 Å². The van der Waals surface area contributed by atoms with Crippen LogP contribution in [0.1, 0.15) is 15.9 Å². The van der Waals surface area contributed by atoms with Gasteiger partial charge in [-0.05, 0) is 23.8 Å². The number of carboxylic acids is 1. The number of pyridine rings is 1. The third kappa shape index (κ3) is 3.59. The van der Waals surface area contributed by atoms with Crippen molar-refractivity contribution in [2.75, 3.05) is 5.32 Å². The quantitative estimate of drug-likeness (QED) is 0.845. The van der Waals surface area contributed by atoms with Gasteiger partial charge in [-0.1, -0.05) is 41.4 Å². The molecule has 0 aliphatic heterocycles. The molecule has 0 saturated carbocycles. The molecule has 2 N–H and O–H groups in total. The van der Waals surface area contributed by atoms with Gasteiger partial charge in [-0.15, -0.1) is 0 Å². The fraction of sp³-hybridized carbons (Fsp3) is 0.0769. The molecule has 98 valence electrons. The van der Waals surface area contributed by atoms with E-state index >= 15 is 0 Å². The predicted molar refractivity (Wildman–Crippen MR) is 75.0 cm³/mol. The zero-order valence-electron chi connectivity index (χ0n) is 9.73. The van der Waals surface area contributed by atoms with E-state index in [0.717, 1.165) is 5.56 Å². The van der Waals surface area contributed by atoms with Gasteiger partial charge in [0.2, 0.25) is 0 Å². The maximum absolute atomic E-state index is 10.9. The maximum atomic E-state index is 10.9. The summed E-state index contributed by atoms with van der Waals surface area (Å²) in [6, 6.07) is 10.1. The molecule has 0 bridgehead atoms. The maximum Gasteiger partial charge on any atom is 0.335 e. The first-order valence-corrected chi connectivity index (χ1v) is 6.20. The van der Waals surface area contributed by atoms with E-state index in [9.17, 15) is 4.79 Å². The highest BCUT2D eigenvalue weighted by Gasteiger charge is 2.07. The molecule has 1 aromatic heterocycles. The number of anilines is 1. The molecule has 2 rings (SSSR count). The van der Waals surface area contributed by atoms with Crippen LogP contribution in [0.2, 0.25) is 10.2 Å². The van der Waals surface area contributed by atoms with Gasteiger partial charge >= 0.3 is 5.97 Å². The molecule has 0 spiro atoms. The zero-order valence-corrected chi connectivity index (χ0v) is 11.2. The van der Waals surface area contributed by atoms with Gasteiger partial charge in [0.15, 0.2) is 0 Å². The number of nitrogens with one attached hydrogen (secondary N) is 1. The van der Waals surface area contributed by atoms with Crippen LogP contribution in [0.5, 0.6) is 0 Å². The zero-order chi connectivity index (χ0) is 13.8. The van der Waals surface area contributed by atoms with E-state index in [1.54, 1.807) is 6.07 Å². The van der Waals surface area contributed by atoms with E-state index in [1.807, 2.05) is 18.2 Å². The summed E-state index contributed by atoms with van der Waals surface area (Å²) in [5.41, 5.74) is 0.976. The molecule has 4 nitrogen and oxygen atoms in total. The molecule has 0 saturated heterocycles. The summed E-state index contributed by atoms with van der Waals surface area (Å²) in [6.07, 6.45) is 0. The van der Waals surface area contributed by atoms with Crippen molar-refractivity contribution in [2.24, 2.45) is 0 Å². The Kier molecular flexibility index (Phi) is 4.24. The first-order valence-electron chi connectivity index (χ1n) is 5.44. The lowest BCUT2D eigenvalue weighted by Gasteiger charge is -2.08. The Hall–Kier alpha value is -1.78. The topological polar surface area (TPSA) is 62.2 Å². The van der Waals surface area contributed by atoms with E-state index in [-0.39, 0.29) is 10.7 Å². The Morgan fingerprint density at radius 1 is 1.26 bits per heavy atom. The number of rotatable bonds is 4. The van der Waals surface area contributed by atoms with Crippen molar-refractivity contribution in [1.29, 1.82) is 0 Å². The van der Waals surface area contributed by atoms with Crippen LogP contribution in [-0.4, -0.2) is 16.1 Å². The van der Waals surface area contributed by atoms with Crippen LogP contribution in [0, 0.1) is 0 Å². The molecule has 0 unspecified atom stereocenters. The van der Waals surface area contributed by atoms with E-state index < -0.39 is 5.97 Å². The molecule has 0 radical (unpaired) electrons. The van der Waals surface area contributed by atoms with Gasteiger partial charge < -0.3 is 10.4 Å². The van der Waals surface area contributed by atoms with Gasteiger partial charge in [-0.3, -0.25) is 0 Å². The summed E-state index contributed by atoms with van der Waals surface area (Å²) < 4.78 is 0. The highest BCUT2D eigenvalue weighted by Crippen LogP contribution is 2.18. The van der Waals surface area contributed by atoms with E-state index in [0.29, 0.717) is 17.4 Å². The van der Waals surface area contributed by atoms with Crippen molar-refractivity contribution < 1.29 is 9.90 Å². The summed E-state index contributed by atoms with van der Waals surface area (Å²) >= 11 is 11.8. The second-order valence-corrected chi connectivity index (χ2v) is 4.61. The van der Waals surface area contributed by atoms with E-state index in [2.05, 4.69) is 10.3 Å². The number of hydrogen-bond donors (Lipinski definition) is 2. The second kappa shape index (κ2) is 5.91. The largest absolute Gasteiger partial charge is 0.478 e. The molecule has 0 aliphatic carbocycles. The SMILES string of the molecule is O=C(O)c1cc(Cl)nc(NCc2ccccc2Cl)c1. The molecule has 6 heteroatoms. The number of halogens is 2. The van der Waals surface area contributed by atoms with Crippen LogP contribution in [-0.2, 0) is 6.54 Å². The fourth-order valence-electron chi connectivity index (χ4n) is 1.54. The number of nitrogens with zero attached hydrogens (tertiary/aromatic N) is 1. The van der Waals surface area contributed by atoms with Gasteiger partial charge in [0, 0.05) is 11.6 Å². The molecule has 0 aliphatic rings. The van der Waals surface area contributed by atoms with E-state index in [4.69, 9.17) is 28.3 Å². The van der Waals surface area contributed by atoms with E-state index in [1.165, 1.54) is 12.1 Å². The van der Waals surface area contributed by atoms with Gasteiger partial charge in [0.05, 0.1) is 5.56 Å². The van der Waals surface area contributed by atoms with Crippen molar-refractivity contribution in [3.05, 3.63) is 57.7 Å². The van der Waals surface area contributed by atoms with Gasteiger partial charge in [-0.2, -0.15) is 0 Å². The molecular formula is C13H10Cl2N2O2. The second-order valence-electron chi connectivity index (χ2n) is 3.81. The van der Waals surface area contributed by atoms with Crippen LogP contribution < -0.4 is 5.32 Å². The minimum Gasteiger partial charge on any atom is -0.478 e. The third-order valence-electron chi connectivity index (χ3n) is 2.46. The van der Waals surface area contributed by atoms with Gasteiger partial charge in [0.25, 0.3) is 0 Å². The van der Waals surface area contributed by atoms with Crippen molar-refractivity contribution in [1.82, 2.24) is 4.98 Å². The van der Waals surface area contributed by atoms with Crippen LogP contribution in [0.4, 0.5) is 5.82 Å². The Balaban J connectivity index is 2.16. The average Bonchev–Trinajstić information content (AvgIpc) is 2.37. The monoisotopic (exact) mass is 296 g/mol. The van der Waals surface area contributed by atoms with Gasteiger partial charge in [0.1, 0.15) is 11.0 Å². The minimum atomic E-state index is -1.05. The lowest BCUT2D eigenvalue weighted by molar-refractivity contribution is 0.0697. The highest BCUT2D eigenvalue weighted by molar-refractivity contribution is 6.31. The fourth-order valence-corrected chi connectivity index (χ4v) is 1.95. The summed E-state index contributed by atoms with van der Waals surface area (Å²) in [4.78, 5) is 14.9. The Morgan fingerprint density at radius 3 is 2.68 bits per heavy atom. The number of benzene rings is 1. The number of carbonyl (C=O) groups is 1. The smallest absolute Gasteiger partial charge is 0.335 e. The standard InChI is InChI=1S/C13H10Cl2N2O2/c14-10-4-2-1-3-8(10)7-16-12-6-9(13(18)19)5-11(15)17-12/h1-6H,7H2,(H,16,17)(H,18,19). The molecule has 0 atom stereocenters. The molecule has 1 heterocycles. The number of hydrogen-bond acceptors (Lipinski definition) is 3. The predicted octanol–water partition coefficient (Wildman–Crippen LogP) is 3.70. The highest BCUT2D eigenvalue weighted by atomic mass is 35.5. The average molecular weight is 297 g/mol. The van der Waals surface area contributed by atoms with Crippen molar-refractivity contribution >= 4 is 35.0 Å². The van der Waals surface area contributed by atoms with Crippen LogP contribution in [0.15, 0.2) is 36.4 Å². The Bertz CT molecular complexity index is 617. The number of carboxylic acid groups (broad SMARTS) is 1. The summed E-state index contributed by atoms with van der Waals surface area (Å²) in [5, 5.41) is 12.7. The van der Waals surface area contributed by atoms with Crippen LogP contribution in [0.3, 0.4) is 0 Å². The number of aromatic nitrogens is 1.